The second-order valence-electron chi connectivity index (χ2n) is 6.12. The van der Waals surface area contributed by atoms with Gasteiger partial charge in [-0.1, -0.05) is 18.2 Å². The maximum atomic E-state index is 10.3. The van der Waals surface area contributed by atoms with Gasteiger partial charge < -0.3 is 15.3 Å². The Bertz CT molecular complexity index is 589. The lowest BCUT2D eigenvalue weighted by Crippen LogP contribution is -2.45. The molecule has 0 fully saturated rings. The van der Waals surface area contributed by atoms with E-state index in [1.165, 1.54) is 5.39 Å². The summed E-state index contributed by atoms with van der Waals surface area (Å²) in [5.41, 5.74) is 1.46. The van der Waals surface area contributed by atoms with Gasteiger partial charge in [-0.3, -0.25) is 4.68 Å². The average Bonchev–Trinajstić information content (AvgIpc) is 2.76. The van der Waals surface area contributed by atoms with E-state index in [0.717, 1.165) is 17.8 Å². The first kappa shape index (κ1) is 15.9. The number of aryl methyl sites for hydroxylation is 1. The first-order chi connectivity index (χ1) is 9.93. The maximum Gasteiger partial charge on any atom is 0.0869 e. The zero-order chi connectivity index (χ0) is 15.5. The van der Waals surface area contributed by atoms with Gasteiger partial charge in [0.1, 0.15) is 0 Å². The molecule has 2 rings (SSSR count). The van der Waals surface area contributed by atoms with Crippen molar-refractivity contribution in [2.75, 3.05) is 27.2 Å². The van der Waals surface area contributed by atoms with Gasteiger partial charge in [-0.15, -0.1) is 0 Å². The second kappa shape index (κ2) is 6.56. The van der Waals surface area contributed by atoms with Crippen LogP contribution in [-0.4, -0.2) is 52.6 Å². The summed E-state index contributed by atoms with van der Waals surface area (Å²) in [4.78, 5) is 1.99. The lowest BCUT2D eigenvalue weighted by molar-refractivity contribution is 0.0335. The summed E-state index contributed by atoms with van der Waals surface area (Å²) in [5.74, 6) is 0. The van der Waals surface area contributed by atoms with Crippen LogP contribution < -0.4 is 5.32 Å². The number of benzene rings is 1. The Labute approximate surface area is 126 Å². The summed E-state index contributed by atoms with van der Waals surface area (Å²) in [6.07, 6.45) is 0. The summed E-state index contributed by atoms with van der Waals surface area (Å²) in [7, 11) is 3.93. The molecule has 0 radical (unpaired) electrons. The molecule has 0 spiro atoms. The van der Waals surface area contributed by atoms with Gasteiger partial charge in [0.2, 0.25) is 0 Å². The summed E-state index contributed by atoms with van der Waals surface area (Å²) in [5, 5.41) is 19.5. The van der Waals surface area contributed by atoms with E-state index in [1.807, 2.05) is 42.7 Å². The van der Waals surface area contributed by atoms with Crippen LogP contribution in [0.25, 0.3) is 10.9 Å². The Morgan fingerprint density at radius 1 is 1.33 bits per heavy atom. The Morgan fingerprint density at radius 2 is 2.05 bits per heavy atom. The highest BCUT2D eigenvalue weighted by atomic mass is 16.3. The molecule has 21 heavy (non-hydrogen) atoms. The van der Waals surface area contributed by atoms with Crippen molar-refractivity contribution in [1.29, 1.82) is 0 Å². The predicted octanol–water partition coefficient (Wildman–Crippen LogP) is 1.46. The summed E-state index contributed by atoms with van der Waals surface area (Å²) >= 11 is 0. The maximum absolute atomic E-state index is 10.3. The zero-order valence-corrected chi connectivity index (χ0v) is 13.4. The third-order valence-corrected chi connectivity index (χ3v) is 3.49. The van der Waals surface area contributed by atoms with Gasteiger partial charge in [0.05, 0.1) is 16.8 Å². The normalized spacial score (nSPS) is 14.8. The third-order valence-electron chi connectivity index (χ3n) is 3.49. The second-order valence-corrected chi connectivity index (χ2v) is 6.12. The average molecular weight is 290 g/mol. The highest BCUT2D eigenvalue weighted by molar-refractivity contribution is 5.81. The molecule has 0 amide bonds. The summed E-state index contributed by atoms with van der Waals surface area (Å²) in [6.45, 7) is 6.64. The van der Waals surface area contributed by atoms with Crippen molar-refractivity contribution in [2.24, 2.45) is 0 Å². The monoisotopic (exact) mass is 290 g/mol. The molecule has 1 unspecified atom stereocenters. The van der Waals surface area contributed by atoms with Crippen LogP contribution in [-0.2, 0) is 13.1 Å². The number of rotatable bonds is 7. The van der Waals surface area contributed by atoms with E-state index in [-0.39, 0.29) is 0 Å². The topological polar surface area (TPSA) is 53.3 Å². The van der Waals surface area contributed by atoms with Crippen molar-refractivity contribution < 1.29 is 5.11 Å². The first-order valence-electron chi connectivity index (χ1n) is 7.45. The Kier molecular flexibility index (Phi) is 4.98. The number of para-hydroxylation sites is 1. The lowest BCUT2D eigenvalue weighted by Gasteiger charge is -2.27. The van der Waals surface area contributed by atoms with Crippen LogP contribution in [0, 0.1) is 0 Å². The van der Waals surface area contributed by atoms with Gasteiger partial charge in [0, 0.05) is 31.6 Å². The number of aliphatic hydroxyl groups is 1. The van der Waals surface area contributed by atoms with E-state index in [0.29, 0.717) is 19.6 Å². The number of aromatic nitrogens is 2. The van der Waals surface area contributed by atoms with Crippen LogP contribution in [0.1, 0.15) is 19.5 Å². The number of hydrogen-bond donors (Lipinski definition) is 2. The molecule has 0 saturated heterocycles. The quantitative estimate of drug-likeness (QED) is 0.810. The van der Waals surface area contributed by atoms with Gasteiger partial charge in [-0.25, -0.2) is 0 Å². The predicted molar refractivity (Wildman–Crippen MR) is 86.3 cm³/mol. The largest absolute Gasteiger partial charge is 0.388 e. The SMILES string of the molecule is CCn1nc(CNCC(C)(O)CN(C)C)c2ccccc21. The minimum atomic E-state index is -0.743. The molecule has 0 saturated carbocycles. The van der Waals surface area contributed by atoms with Crippen LogP contribution in [0.2, 0.25) is 0 Å². The molecule has 5 nitrogen and oxygen atoms in total. The van der Waals surface area contributed by atoms with Gasteiger partial charge in [0.15, 0.2) is 0 Å². The van der Waals surface area contributed by atoms with Crippen molar-refractivity contribution in [3.8, 4) is 0 Å². The molecule has 1 atom stereocenters. The molecule has 1 heterocycles. The summed E-state index contributed by atoms with van der Waals surface area (Å²) < 4.78 is 2.02. The molecule has 0 aliphatic carbocycles. The van der Waals surface area contributed by atoms with E-state index in [1.54, 1.807) is 0 Å². The molecule has 5 heteroatoms. The Hall–Kier alpha value is -1.43. The fourth-order valence-corrected chi connectivity index (χ4v) is 2.76. The number of nitrogens with one attached hydrogen (secondary N) is 1. The molecule has 1 aromatic heterocycles. The Balaban J connectivity index is 2.04. The van der Waals surface area contributed by atoms with Gasteiger partial charge >= 0.3 is 0 Å². The van der Waals surface area contributed by atoms with Crippen LogP contribution in [0.4, 0.5) is 0 Å². The van der Waals surface area contributed by atoms with Crippen LogP contribution in [0.3, 0.4) is 0 Å². The molecule has 0 aliphatic heterocycles. The van der Waals surface area contributed by atoms with E-state index in [4.69, 9.17) is 0 Å². The minimum Gasteiger partial charge on any atom is -0.388 e. The van der Waals surface area contributed by atoms with Crippen molar-refractivity contribution in [3.63, 3.8) is 0 Å². The number of likely N-dealkylation sites (N-methyl/N-ethyl adjacent to an activating group) is 1. The first-order valence-corrected chi connectivity index (χ1v) is 7.45. The van der Waals surface area contributed by atoms with Gasteiger partial charge in [0.25, 0.3) is 0 Å². The highest BCUT2D eigenvalue weighted by Crippen LogP contribution is 2.18. The molecular weight excluding hydrogens is 264 g/mol. The van der Waals surface area contributed by atoms with Crippen molar-refractivity contribution in [1.82, 2.24) is 20.0 Å². The summed E-state index contributed by atoms with van der Waals surface area (Å²) in [6, 6.07) is 8.27. The Morgan fingerprint density at radius 3 is 2.71 bits per heavy atom. The minimum absolute atomic E-state index is 0.540. The van der Waals surface area contributed by atoms with Crippen molar-refractivity contribution in [3.05, 3.63) is 30.0 Å². The van der Waals surface area contributed by atoms with E-state index >= 15 is 0 Å². The van der Waals surface area contributed by atoms with Crippen LogP contribution >= 0.6 is 0 Å². The number of hydrogen-bond acceptors (Lipinski definition) is 4. The number of fused-ring (bicyclic) bond motifs is 1. The lowest BCUT2D eigenvalue weighted by atomic mass is 10.1. The molecule has 2 N–H and O–H groups in total. The number of nitrogens with zero attached hydrogens (tertiary/aromatic N) is 3. The van der Waals surface area contributed by atoms with E-state index < -0.39 is 5.60 Å². The van der Waals surface area contributed by atoms with Gasteiger partial charge in [-0.05, 0) is 34.0 Å². The fourth-order valence-electron chi connectivity index (χ4n) is 2.76. The molecule has 116 valence electrons. The molecule has 0 aliphatic rings. The molecular formula is C16H26N4O. The van der Waals surface area contributed by atoms with Crippen LogP contribution in [0.5, 0.6) is 0 Å². The van der Waals surface area contributed by atoms with Gasteiger partial charge in [-0.2, -0.15) is 5.10 Å². The molecule has 0 bridgehead atoms. The van der Waals surface area contributed by atoms with E-state index in [9.17, 15) is 5.11 Å². The highest BCUT2D eigenvalue weighted by Gasteiger charge is 2.21. The third kappa shape index (κ3) is 4.03. The molecule has 1 aromatic carbocycles. The van der Waals surface area contributed by atoms with Crippen LogP contribution in [0.15, 0.2) is 24.3 Å². The zero-order valence-electron chi connectivity index (χ0n) is 13.4. The standard InChI is InChI=1S/C16H26N4O/c1-5-20-15-9-7-6-8-13(15)14(18-20)10-17-11-16(2,21)12-19(3)4/h6-9,17,21H,5,10-12H2,1-4H3. The smallest absolute Gasteiger partial charge is 0.0869 e. The van der Waals surface area contributed by atoms with Crippen molar-refractivity contribution >= 4 is 10.9 Å². The molecule has 2 aromatic rings. The van der Waals surface area contributed by atoms with Crippen molar-refractivity contribution in [2.45, 2.75) is 32.5 Å². The van der Waals surface area contributed by atoms with E-state index in [2.05, 4.69) is 29.5 Å². The fraction of sp³-hybridized carbons (Fsp3) is 0.562.